The fraction of sp³-hybridized carbons (Fsp3) is 0.139. The number of ketones is 1. The first-order valence-corrected chi connectivity index (χ1v) is 32.3. The number of nitrogens with zero attached hydrogens (tertiary/aromatic N) is 3. The number of halogens is 6. The van der Waals surface area contributed by atoms with Crippen molar-refractivity contribution >= 4 is 83.2 Å². The Morgan fingerprint density at radius 2 is 0.904 bits per heavy atom. The maximum absolute atomic E-state index is 12.7. The molecule has 0 bridgehead atoms. The molecule has 0 aliphatic heterocycles. The molecule has 14 nitrogen and oxygen atoms in total. The molecule has 12 rings (SSSR count). The van der Waals surface area contributed by atoms with Gasteiger partial charge in [0.1, 0.15) is 17.5 Å². The Morgan fingerprint density at radius 3 is 1.34 bits per heavy atom. The second-order valence-electron chi connectivity index (χ2n) is 23.0. The van der Waals surface area contributed by atoms with Crippen molar-refractivity contribution in [1.82, 2.24) is 29.9 Å². The van der Waals surface area contributed by atoms with Gasteiger partial charge in [0.05, 0.1) is 59.6 Å². The lowest BCUT2D eigenvalue weighted by Crippen LogP contribution is -2.16. The molecule has 0 unspecified atom stereocenters. The second kappa shape index (κ2) is 26.9. The SMILES string of the molecule is CC(=O)c1ccc(/C=C/c2nc3ccc(-c4ccccc4C(C)(C)O)cc3[nH]2)cc1.Cc1ccc(-c2ccc3nc(/C=C/c4ccc(C(F)(F)F)cc4)[nH]c3c2)c(S(N)(=O)=O)c1.Cc1ccc(-c2ccc3nc(CCc4ccc(C(F)(F)F)cc4)[nH]c3c2)c(S(N)(=O)=O)c1. The average Bonchev–Trinajstić information content (AvgIpc) is 1.33. The van der Waals surface area contributed by atoms with Crippen molar-refractivity contribution < 1.29 is 53.1 Å². The van der Waals surface area contributed by atoms with Crippen LogP contribution in [0.3, 0.4) is 0 Å². The van der Waals surface area contributed by atoms with E-state index in [0.717, 1.165) is 85.6 Å². The standard InChI is InChI=1S/C26H24N2O2.C23H20F3N3O2S.C23H18F3N3O2S/c1-17(29)19-11-8-18(9-12-19)10-15-25-27-23-14-13-20(16-24(23)28-25)21-6-4-5-7-22(21)26(2,3)30;2*1-14-2-9-18(21(12-14)32(27,30)31)16-6-10-19-20(13-16)29-22(28-19)11-5-15-3-7-17(8-4-15)23(24,25)26/h4-16,30H,1-3H3,(H,27,28);2-4,6-10,12-13H,5,11H2,1H3,(H,28,29)(H2,27,30,31);2-13H,1H3,(H,28,29)(H2,27,30,31)/b15-10+;;11-5+. The fourth-order valence-electron chi connectivity index (χ4n) is 10.5. The van der Waals surface area contributed by atoms with Crippen LogP contribution < -0.4 is 10.3 Å². The Morgan fingerprint density at radius 1 is 0.489 bits per heavy atom. The number of Topliss-reactive ketones (excluding diaryl/α,β-unsaturated/α-hetero) is 1. The minimum absolute atomic E-state index is 0.0405. The summed E-state index contributed by atoms with van der Waals surface area (Å²) in [5, 5.41) is 21.3. The maximum Gasteiger partial charge on any atom is 0.416 e. The molecule has 0 fully saturated rings. The van der Waals surface area contributed by atoms with Gasteiger partial charge >= 0.3 is 12.4 Å². The molecule has 0 radical (unpaired) electrons. The van der Waals surface area contributed by atoms with Crippen LogP contribution in [0.1, 0.15) is 93.1 Å². The van der Waals surface area contributed by atoms with Crippen LogP contribution >= 0.6 is 0 Å². The van der Waals surface area contributed by atoms with Gasteiger partial charge in [-0.05, 0) is 182 Å². The van der Waals surface area contributed by atoms with Crippen molar-refractivity contribution in [2.24, 2.45) is 10.3 Å². The number of hydrogen-bond acceptors (Lipinski definition) is 9. The molecule has 94 heavy (non-hydrogen) atoms. The molecule has 0 saturated heterocycles. The number of fused-ring (bicyclic) bond motifs is 3. The molecule has 3 aromatic heterocycles. The highest BCUT2D eigenvalue weighted by Crippen LogP contribution is 2.36. The maximum atomic E-state index is 12.7. The van der Waals surface area contributed by atoms with Crippen molar-refractivity contribution in [2.45, 2.75) is 75.2 Å². The number of carbonyl (C=O) groups excluding carboxylic acids is 1. The van der Waals surface area contributed by atoms with Crippen LogP contribution in [0.15, 0.2) is 198 Å². The van der Waals surface area contributed by atoms with E-state index in [1.807, 2.05) is 84.9 Å². The van der Waals surface area contributed by atoms with E-state index < -0.39 is 49.1 Å². The Bertz CT molecular complexity index is 5090. The number of aromatic amines is 3. The van der Waals surface area contributed by atoms with Gasteiger partial charge in [0, 0.05) is 23.1 Å². The van der Waals surface area contributed by atoms with Crippen LogP contribution in [0.4, 0.5) is 26.3 Å². The third-order valence-corrected chi connectivity index (χ3v) is 17.2. The zero-order chi connectivity index (χ0) is 67.5. The average molecular weight is 1310 g/mol. The number of rotatable bonds is 14. The Balaban J connectivity index is 0.000000154. The highest BCUT2D eigenvalue weighted by Gasteiger charge is 2.31. The van der Waals surface area contributed by atoms with Crippen LogP contribution in [0, 0.1) is 13.8 Å². The molecular weight excluding hydrogens is 1250 g/mol. The molecule has 0 spiro atoms. The summed E-state index contributed by atoms with van der Waals surface area (Å²) < 4.78 is 124. The summed E-state index contributed by atoms with van der Waals surface area (Å²) >= 11 is 0. The summed E-state index contributed by atoms with van der Waals surface area (Å²) in [6.07, 6.45) is -0.490. The number of alkyl halides is 6. The number of nitrogens with one attached hydrogen (secondary N) is 3. The first-order chi connectivity index (χ1) is 44.3. The summed E-state index contributed by atoms with van der Waals surface area (Å²) in [5.41, 5.74) is 12.1. The molecule has 0 saturated carbocycles. The van der Waals surface area contributed by atoms with E-state index in [9.17, 15) is 53.1 Å². The van der Waals surface area contributed by atoms with E-state index in [2.05, 4.69) is 36.0 Å². The van der Waals surface area contributed by atoms with Gasteiger partial charge in [-0.2, -0.15) is 26.3 Å². The van der Waals surface area contributed by atoms with Crippen molar-refractivity contribution in [3.63, 3.8) is 0 Å². The first kappa shape index (κ1) is 66.8. The lowest BCUT2D eigenvalue weighted by atomic mass is 9.89. The van der Waals surface area contributed by atoms with Crippen molar-refractivity contribution in [3.05, 3.63) is 256 Å². The molecule has 0 amide bonds. The van der Waals surface area contributed by atoms with Gasteiger partial charge in [-0.25, -0.2) is 42.1 Å². The molecule has 12 aromatic rings. The molecule has 22 heteroatoms. The van der Waals surface area contributed by atoms with Crippen LogP contribution in [0.5, 0.6) is 0 Å². The van der Waals surface area contributed by atoms with E-state index >= 15 is 0 Å². The Hall–Kier alpha value is -10.1. The first-order valence-electron chi connectivity index (χ1n) is 29.2. The quantitative estimate of drug-likeness (QED) is 0.0447. The number of aromatic nitrogens is 6. The minimum Gasteiger partial charge on any atom is -0.386 e. The van der Waals surface area contributed by atoms with Crippen LogP contribution in [-0.4, -0.2) is 57.6 Å². The number of benzene rings is 9. The summed E-state index contributed by atoms with van der Waals surface area (Å²) in [5.74, 6) is 2.01. The molecule has 0 atom stereocenters. The fourth-order valence-corrected chi connectivity index (χ4v) is 12.1. The molecule has 480 valence electrons. The van der Waals surface area contributed by atoms with Gasteiger partial charge in [0.15, 0.2) is 5.78 Å². The molecule has 3 heterocycles. The lowest BCUT2D eigenvalue weighted by molar-refractivity contribution is -0.138. The summed E-state index contributed by atoms with van der Waals surface area (Å²) in [7, 11) is -7.81. The molecule has 9 aromatic carbocycles. The van der Waals surface area contributed by atoms with E-state index in [-0.39, 0.29) is 15.6 Å². The highest BCUT2D eigenvalue weighted by atomic mass is 32.2. The number of hydrogen-bond donors (Lipinski definition) is 6. The lowest BCUT2D eigenvalue weighted by Gasteiger charge is -2.21. The van der Waals surface area contributed by atoms with Crippen molar-refractivity contribution in [2.75, 3.05) is 0 Å². The zero-order valence-corrected chi connectivity index (χ0v) is 52.8. The summed E-state index contributed by atoms with van der Waals surface area (Å²) in [6.45, 7) is 8.73. The molecular formula is C72H62F6N8O6S2. The van der Waals surface area contributed by atoms with Gasteiger partial charge in [-0.15, -0.1) is 0 Å². The van der Waals surface area contributed by atoms with Gasteiger partial charge in [-0.1, -0.05) is 127 Å². The number of sulfonamides is 2. The van der Waals surface area contributed by atoms with Gasteiger partial charge in [0.2, 0.25) is 20.0 Å². The number of imidazole rings is 3. The molecule has 8 N–H and O–H groups in total. The van der Waals surface area contributed by atoms with Crippen LogP contribution in [0.25, 0.3) is 90.8 Å². The van der Waals surface area contributed by atoms with Crippen LogP contribution in [0.2, 0.25) is 0 Å². The summed E-state index contributed by atoms with van der Waals surface area (Å²) in [4.78, 5) is 34.8. The summed E-state index contributed by atoms with van der Waals surface area (Å²) in [6, 6.07) is 52.1. The monoisotopic (exact) mass is 1310 g/mol. The number of carbonyl (C=O) groups is 1. The number of aliphatic hydroxyl groups is 1. The Labute approximate surface area is 537 Å². The number of aryl methyl sites for hydroxylation is 4. The van der Waals surface area contributed by atoms with E-state index in [1.54, 1.807) is 95.3 Å². The van der Waals surface area contributed by atoms with Gasteiger partial charge < -0.3 is 20.1 Å². The third-order valence-electron chi connectivity index (χ3n) is 15.3. The molecule has 0 aliphatic rings. The zero-order valence-electron chi connectivity index (χ0n) is 51.2. The van der Waals surface area contributed by atoms with E-state index in [4.69, 9.17) is 10.3 Å². The second-order valence-corrected chi connectivity index (χ2v) is 26.0. The van der Waals surface area contributed by atoms with Gasteiger partial charge in [0.25, 0.3) is 0 Å². The van der Waals surface area contributed by atoms with Crippen molar-refractivity contribution in [3.8, 4) is 33.4 Å². The number of primary sulfonamides is 2. The van der Waals surface area contributed by atoms with Crippen molar-refractivity contribution in [1.29, 1.82) is 0 Å². The van der Waals surface area contributed by atoms with E-state index in [1.165, 1.54) is 36.4 Å². The Kier molecular flexibility index (Phi) is 19.1. The highest BCUT2D eigenvalue weighted by molar-refractivity contribution is 7.89. The minimum atomic E-state index is -4.38. The van der Waals surface area contributed by atoms with E-state index in [0.29, 0.717) is 74.4 Å². The smallest absolute Gasteiger partial charge is 0.386 e. The topological polar surface area (TPSA) is 244 Å². The molecule has 0 aliphatic carbocycles. The van der Waals surface area contributed by atoms with Crippen LogP contribution in [-0.2, 0) is 50.8 Å². The number of H-pyrrole nitrogens is 3. The predicted molar refractivity (Wildman–Crippen MR) is 357 cm³/mol. The largest absolute Gasteiger partial charge is 0.416 e. The third kappa shape index (κ3) is 16.4. The number of nitrogens with two attached hydrogens (primary N) is 2. The van der Waals surface area contributed by atoms with Gasteiger partial charge in [-0.3, -0.25) is 4.79 Å². The predicted octanol–water partition coefficient (Wildman–Crippen LogP) is 16.2. The normalized spacial score (nSPS) is 12.4.